The van der Waals surface area contributed by atoms with Crippen LogP contribution in [0.3, 0.4) is 0 Å². The first-order valence-corrected chi connectivity index (χ1v) is 10.1. The molecule has 0 N–H and O–H groups in total. The largest absolute Gasteiger partial charge is 0.497 e. The van der Waals surface area contributed by atoms with Crippen molar-refractivity contribution in [1.82, 2.24) is 15.0 Å². The lowest BCUT2D eigenvalue weighted by atomic mass is 10.2. The van der Waals surface area contributed by atoms with Crippen LogP contribution in [0.25, 0.3) is 11.4 Å². The van der Waals surface area contributed by atoms with Gasteiger partial charge in [0.15, 0.2) is 6.10 Å². The third-order valence-corrected chi connectivity index (χ3v) is 4.85. The number of nitrogens with zero attached hydrogens (tertiary/aromatic N) is 3. The number of methoxy groups -OCH3 is 3. The van der Waals surface area contributed by atoms with Crippen molar-refractivity contribution < 1.29 is 28.3 Å². The van der Waals surface area contributed by atoms with E-state index in [9.17, 15) is 4.79 Å². The van der Waals surface area contributed by atoms with E-state index in [4.69, 9.17) is 23.5 Å². The van der Waals surface area contributed by atoms with Gasteiger partial charge in [-0.2, -0.15) is 4.98 Å². The van der Waals surface area contributed by atoms with Crippen molar-refractivity contribution in [3.63, 3.8) is 0 Å². The predicted octanol–water partition coefficient (Wildman–Crippen LogP) is 3.58. The van der Waals surface area contributed by atoms with Crippen LogP contribution in [-0.4, -0.2) is 55.4 Å². The summed E-state index contributed by atoms with van der Waals surface area (Å²) in [6, 6.07) is 12.4. The van der Waals surface area contributed by atoms with Crippen LogP contribution in [0, 0.1) is 0 Å². The highest BCUT2D eigenvalue weighted by Crippen LogP contribution is 2.31. The average molecular weight is 441 g/mol. The predicted molar refractivity (Wildman–Crippen MR) is 117 cm³/mol. The Kier molecular flexibility index (Phi) is 7.54. The van der Waals surface area contributed by atoms with Gasteiger partial charge in [0.2, 0.25) is 11.7 Å². The van der Waals surface area contributed by atoms with E-state index >= 15 is 0 Å². The maximum absolute atomic E-state index is 12.9. The van der Waals surface area contributed by atoms with Gasteiger partial charge in [-0.25, -0.2) is 0 Å². The minimum Gasteiger partial charge on any atom is -0.497 e. The number of carbonyl (C=O) groups is 1. The SMILES string of the molecule is CCC(Oc1ccc(OC)cc1)C(=O)N(C)Cc1nc(-c2ccc(OC)cc2OC)no1. The fourth-order valence-corrected chi connectivity index (χ4v) is 3.07. The summed E-state index contributed by atoms with van der Waals surface area (Å²) in [5, 5.41) is 4.02. The van der Waals surface area contributed by atoms with Gasteiger partial charge in [-0.1, -0.05) is 12.1 Å². The molecule has 3 aromatic rings. The zero-order valence-electron chi connectivity index (χ0n) is 18.8. The van der Waals surface area contributed by atoms with Crippen molar-refractivity contribution in [2.75, 3.05) is 28.4 Å². The number of hydrogen-bond acceptors (Lipinski definition) is 8. The van der Waals surface area contributed by atoms with E-state index in [0.717, 1.165) is 5.75 Å². The van der Waals surface area contributed by atoms with E-state index in [2.05, 4.69) is 10.1 Å². The van der Waals surface area contributed by atoms with Gasteiger partial charge >= 0.3 is 0 Å². The van der Waals surface area contributed by atoms with Gasteiger partial charge in [0.25, 0.3) is 5.91 Å². The van der Waals surface area contributed by atoms with Crippen molar-refractivity contribution in [1.29, 1.82) is 0 Å². The molecule has 0 saturated heterocycles. The molecular weight excluding hydrogens is 414 g/mol. The number of aromatic nitrogens is 2. The molecule has 0 spiro atoms. The zero-order valence-corrected chi connectivity index (χ0v) is 18.8. The van der Waals surface area contributed by atoms with E-state index in [-0.39, 0.29) is 12.5 Å². The van der Waals surface area contributed by atoms with Crippen LogP contribution in [0.1, 0.15) is 19.2 Å². The smallest absolute Gasteiger partial charge is 0.263 e. The number of likely N-dealkylation sites (N-methyl/N-ethyl adjacent to an activating group) is 1. The van der Waals surface area contributed by atoms with Crippen molar-refractivity contribution in [3.8, 4) is 34.4 Å². The van der Waals surface area contributed by atoms with Crippen LogP contribution in [0.5, 0.6) is 23.0 Å². The molecule has 1 aromatic heterocycles. The third kappa shape index (κ3) is 5.29. The van der Waals surface area contributed by atoms with Crippen LogP contribution in [-0.2, 0) is 11.3 Å². The van der Waals surface area contributed by atoms with Gasteiger partial charge in [-0.05, 0) is 42.8 Å². The number of ether oxygens (including phenoxy) is 4. The second-order valence-corrected chi connectivity index (χ2v) is 6.96. The molecule has 0 bridgehead atoms. The molecule has 1 unspecified atom stereocenters. The highest BCUT2D eigenvalue weighted by atomic mass is 16.5. The molecular formula is C23H27N3O6. The number of benzene rings is 2. The lowest BCUT2D eigenvalue weighted by Crippen LogP contribution is -2.39. The summed E-state index contributed by atoms with van der Waals surface area (Å²) in [6.07, 6.45) is -0.134. The quantitative estimate of drug-likeness (QED) is 0.471. The Labute approximate surface area is 186 Å². The summed E-state index contributed by atoms with van der Waals surface area (Å²) in [6.45, 7) is 2.04. The number of amides is 1. The first-order valence-electron chi connectivity index (χ1n) is 10.1. The first-order chi connectivity index (χ1) is 15.5. The van der Waals surface area contributed by atoms with E-state index in [1.807, 2.05) is 6.92 Å². The molecule has 1 heterocycles. The minimum absolute atomic E-state index is 0.146. The van der Waals surface area contributed by atoms with Gasteiger partial charge in [0.05, 0.1) is 33.4 Å². The van der Waals surface area contributed by atoms with Gasteiger partial charge in [0.1, 0.15) is 23.0 Å². The Balaban J connectivity index is 1.68. The molecule has 1 amide bonds. The summed E-state index contributed by atoms with van der Waals surface area (Å²) in [5.41, 5.74) is 0.659. The molecule has 0 radical (unpaired) electrons. The molecule has 0 fully saturated rings. The zero-order chi connectivity index (χ0) is 23.1. The van der Waals surface area contributed by atoms with Crippen molar-refractivity contribution in [3.05, 3.63) is 48.4 Å². The molecule has 1 atom stereocenters. The molecule has 0 aliphatic rings. The monoisotopic (exact) mass is 441 g/mol. The second kappa shape index (κ2) is 10.5. The average Bonchev–Trinajstić information content (AvgIpc) is 3.30. The summed E-state index contributed by atoms with van der Waals surface area (Å²) >= 11 is 0. The lowest BCUT2D eigenvalue weighted by Gasteiger charge is -2.22. The van der Waals surface area contributed by atoms with E-state index in [1.165, 1.54) is 4.90 Å². The highest BCUT2D eigenvalue weighted by molar-refractivity contribution is 5.81. The third-order valence-electron chi connectivity index (χ3n) is 4.85. The Morgan fingerprint density at radius 2 is 1.66 bits per heavy atom. The summed E-state index contributed by atoms with van der Waals surface area (Å²) in [4.78, 5) is 18.8. The Bertz CT molecular complexity index is 1030. The molecule has 2 aromatic carbocycles. The Hall–Kier alpha value is -3.75. The van der Waals surface area contributed by atoms with Gasteiger partial charge in [-0.15, -0.1) is 0 Å². The summed E-state index contributed by atoms with van der Waals surface area (Å²) in [5.74, 6) is 2.99. The summed E-state index contributed by atoms with van der Waals surface area (Å²) < 4.78 is 27.0. The van der Waals surface area contributed by atoms with Crippen LogP contribution in [0.15, 0.2) is 47.0 Å². The Morgan fingerprint density at radius 1 is 1.00 bits per heavy atom. The molecule has 9 nitrogen and oxygen atoms in total. The molecule has 0 aliphatic heterocycles. The summed E-state index contributed by atoms with van der Waals surface area (Å²) in [7, 11) is 6.40. The van der Waals surface area contributed by atoms with Crippen molar-refractivity contribution in [2.45, 2.75) is 26.0 Å². The fourth-order valence-electron chi connectivity index (χ4n) is 3.07. The maximum atomic E-state index is 12.9. The van der Waals surface area contributed by atoms with Crippen molar-refractivity contribution in [2.24, 2.45) is 0 Å². The normalized spacial score (nSPS) is 11.5. The Morgan fingerprint density at radius 3 is 2.28 bits per heavy atom. The minimum atomic E-state index is -0.641. The highest BCUT2D eigenvalue weighted by Gasteiger charge is 2.24. The lowest BCUT2D eigenvalue weighted by molar-refractivity contribution is -0.138. The second-order valence-electron chi connectivity index (χ2n) is 6.96. The number of rotatable bonds is 10. The number of carbonyl (C=O) groups excluding carboxylic acids is 1. The van der Waals surface area contributed by atoms with E-state index in [0.29, 0.717) is 40.9 Å². The fraction of sp³-hybridized carbons (Fsp3) is 0.348. The molecule has 0 aliphatic carbocycles. The van der Waals surface area contributed by atoms with Crippen molar-refractivity contribution >= 4 is 5.91 Å². The molecule has 3 rings (SSSR count). The van der Waals surface area contributed by atoms with E-state index < -0.39 is 6.10 Å². The molecule has 170 valence electrons. The van der Waals surface area contributed by atoms with Gasteiger partial charge in [0, 0.05) is 13.1 Å². The van der Waals surface area contributed by atoms with Crippen LogP contribution in [0.2, 0.25) is 0 Å². The van der Waals surface area contributed by atoms with Gasteiger partial charge < -0.3 is 28.4 Å². The topological polar surface area (TPSA) is 96.2 Å². The molecule has 9 heteroatoms. The molecule has 0 saturated carbocycles. The van der Waals surface area contributed by atoms with Crippen LogP contribution >= 0.6 is 0 Å². The van der Waals surface area contributed by atoms with Crippen LogP contribution < -0.4 is 18.9 Å². The standard InChI is InChI=1S/C23H27N3O6/c1-6-19(31-16-9-7-15(28-3)8-10-16)23(27)26(2)14-21-24-22(25-32-21)18-12-11-17(29-4)13-20(18)30-5/h7-13,19H,6,14H2,1-5H3. The maximum Gasteiger partial charge on any atom is 0.263 e. The van der Waals surface area contributed by atoms with Crippen LogP contribution in [0.4, 0.5) is 0 Å². The number of hydrogen-bond donors (Lipinski definition) is 0. The van der Waals surface area contributed by atoms with E-state index in [1.54, 1.807) is 70.8 Å². The first kappa shape index (κ1) is 22.9. The molecule has 32 heavy (non-hydrogen) atoms. The van der Waals surface area contributed by atoms with Gasteiger partial charge in [-0.3, -0.25) is 4.79 Å².